The summed E-state index contributed by atoms with van der Waals surface area (Å²) in [6.07, 6.45) is 1.64. The number of hydrogen-bond donors (Lipinski definition) is 2. The SMILES string of the molecule is CN=C(NN)c1cccnc1OC. The Morgan fingerprint density at radius 1 is 1.69 bits per heavy atom. The van der Waals surface area contributed by atoms with E-state index in [2.05, 4.69) is 15.4 Å². The largest absolute Gasteiger partial charge is 0.480 e. The van der Waals surface area contributed by atoms with Gasteiger partial charge in [0.25, 0.3) is 0 Å². The van der Waals surface area contributed by atoms with Crippen LogP contribution in [-0.4, -0.2) is 25.0 Å². The molecule has 0 atom stereocenters. The number of hydrogen-bond acceptors (Lipinski definition) is 4. The molecular formula is C8H12N4O. The summed E-state index contributed by atoms with van der Waals surface area (Å²) < 4.78 is 5.04. The predicted molar refractivity (Wildman–Crippen MR) is 50.6 cm³/mol. The van der Waals surface area contributed by atoms with Gasteiger partial charge in [0.1, 0.15) is 5.84 Å². The first-order chi connectivity index (χ1) is 6.33. The molecule has 0 unspecified atom stereocenters. The van der Waals surface area contributed by atoms with Gasteiger partial charge in [-0.15, -0.1) is 0 Å². The predicted octanol–water partition coefficient (Wildman–Crippen LogP) is -0.0701. The highest BCUT2D eigenvalue weighted by molar-refractivity contribution is 6.00. The van der Waals surface area contributed by atoms with Crippen molar-refractivity contribution in [3.8, 4) is 5.88 Å². The maximum Gasteiger partial charge on any atom is 0.224 e. The lowest BCUT2D eigenvalue weighted by atomic mass is 10.2. The van der Waals surface area contributed by atoms with Gasteiger partial charge in [-0.3, -0.25) is 4.99 Å². The minimum absolute atomic E-state index is 0.501. The van der Waals surface area contributed by atoms with Crippen LogP contribution < -0.4 is 16.0 Å². The van der Waals surface area contributed by atoms with Crippen LogP contribution in [0.1, 0.15) is 5.56 Å². The van der Waals surface area contributed by atoms with E-state index in [0.717, 1.165) is 5.56 Å². The molecule has 0 bridgehead atoms. The number of nitrogens with zero attached hydrogens (tertiary/aromatic N) is 2. The Morgan fingerprint density at radius 3 is 3.00 bits per heavy atom. The minimum Gasteiger partial charge on any atom is -0.480 e. The summed E-state index contributed by atoms with van der Waals surface area (Å²) in [7, 11) is 3.19. The van der Waals surface area contributed by atoms with Gasteiger partial charge in [0.2, 0.25) is 5.88 Å². The van der Waals surface area contributed by atoms with E-state index in [1.165, 1.54) is 0 Å². The fourth-order valence-electron chi connectivity index (χ4n) is 0.996. The van der Waals surface area contributed by atoms with Crippen LogP contribution in [0, 0.1) is 0 Å². The zero-order valence-electron chi connectivity index (χ0n) is 7.61. The van der Waals surface area contributed by atoms with Gasteiger partial charge in [0.15, 0.2) is 0 Å². The number of nitrogens with one attached hydrogen (secondary N) is 1. The molecule has 0 spiro atoms. The summed E-state index contributed by atoms with van der Waals surface area (Å²) >= 11 is 0. The van der Waals surface area contributed by atoms with Crippen LogP contribution in [0.2, 0.25) is 0 Å². The molecule has 0 amide bonds. The Bertz CT molecular complexity index is 311. The van der Waals surface area contributed by atoms with E-state index in [0.29, 0.717) is 11.7 Å². The first kappa shape index (κ1) is 9.47. The number of amidine groups is 1. The minimum atomic E-state index is 0.501. The molecule has 5 heteroatoms. The van der Waals surface area contributed by atoms with E-state index in [1.807, 2.05) is 6.07 Å². The zero-order chi connectivity index (χ0) is 9.68. The smallest absolute Gasteiger partial charge is 0.224 e. The molecule has 0 aliphatic carbocycles. The molecule has 3 N–H and O–H groups in total. The Balaban J connectivity index is 3.12. The molecule has 0 aromatic carbocycles. The fourth-order valence-corrected chi connectivity index (χ4v) is 0.996. The van der Waals surface area contributed by atoms with Gasteiger partial charge in [-0.05, 0) is 12.1 Å². The highest BCUT2D eigenvalue weighted by atomic mass is 16.5. The van der Waals surface area contributed by atoms with Gasteiger partial charge in [0, 0.05) is 13.2 Å². The third kappa shape index (κ3) is 1.94. The molecular weight excluding hydrogens is 168 g/mol. The first-order valence-electron chi connectivity index (χ1n) is 3.76. The highest BCUT2D eigenvalue weighted by Gasteiger charge is 2.07. The van der Waals surface area contributed by atoms with Crippen molar-refractivity contribution >= 4 is 5.84 Å². The maximum atomic E-state index is 5.27. The van der Waals surface area contributed by atoms with Gasteiger partial charge in [-0.2, -0.15) is 0 Å². The molecule has 0 aliphatic rings. The molecule has 1 rings (SSSR count). The average Bonchev–Trinajstić information content (AvgIpc) is 2.20. The molecule has 0 saturated heterocycles. The molecule has 1 aromatic heterocycles. The Labute approximate surface area is 76.6 Å². The van der Waals surface area contributed by atoms with Crippen LogP contribution in [0.25, 0.3) is 0 Å². The van der Waals surface area contributed by atoms with Gasteiger partial charge >= 0.3 is 0 Å². The molecule has 1 aromatic rings. The molecule has 1 heterocycles. The fraction of sp³-hybridized carbons (Fsp3) is 0.250. The van der Waals surface area contributed by atoms with Crippen molar-refractivity contribution < 1.29 is 4.74 Å². The van der Waals surface area contributed by atoms with Crippen molar-refractivity contribution in [2.75, 3.05) is 14.2 Å². The van der Waals surface area contributed by atoms with Crippen molar-refractivity contribution in [3.05, 3.63) is 23.9 Å². The summed E-state index contributed by atoms with van der Waals surface area (Å²) in [5.74, 6) is 6.32. The molecule has 0 saturated carbocycles. The average molecular weight is 180 g/mol. The Kier molecular flexibility index (Phi) is 3.22. The first-order valence-corrected chi connectivity index (χ1v) is 3.76. The molecule has 13 heavy (non-hydrogen) atoms. The maximum absolute atomic E-state index is 5.27. The second-order valence-electron chi connectivity index (χ2n) is 2.28. The van der Waals surface area contributed by atoms with Crippen molar-refractivity contribution in [2.45, 2.75) is 0 Å². The van der Waals surface area contributed by atoms with Crippen LogP contribution in [0.3, 0.4) is 0 Å². The van der Waals surface area contributed by atoms with E-state index < -0.39 is 0 Å². The van der Waals surface area contributed by atoms with Crippen LogP contribution >= 0.6 is 0 Å². The summed E-state index contributed by atoms with van der Waals surface area (Å²) in [5.41, 5.74) is 3.22. The topological polar surface area (TPSA) is 72.5 Å². The third-order valence-corrected chi connectivity index (χ3v) is 1.58. The molecule has 0 radical (unpaired) electrons. The van der Waals surface area contributed by atoms with Crippen molar-refractivity contribution in [3.63, 3.8) is 0 Å². The number of rotatable bonds is 2. The van der Waals surface area contributed by atoms with Crippen molar-refractivity contribution in [2.24, 2.45) is 10.8 Å². The Morgan fingerprint density at radius 2 is 2.46 bits per heavy atom. The lowest BCUT2D eigenvalue weighted by Gasteiger charge is -2.07. The van der Waals surface area contributed by atoms with E-state index >= 15 is 0 Å². The monoisotopic (exact) mass is 180 g/mol. The summed E-state index contributed by atoms with van der Waals surface area (Å²) in [5, 5.41) is 0. The van der Waals surface area contributed by atoms with Gasteiger partial charge < -0.3 is 10.2 Å². The lowest BCUT2D eigenvalue weighted by molar-refractivity contribution is 0.396. The van der Waals surface area contributed by atoms with E-state index in [9.17, 15) is 0 Å². The van der Waals surface area contributed by atoms with Gasteiger partial charge in [-0.25, -0.2) is 10.8 Å². The number of aromatic nitrogens is 1. The number of nitrogens with two attached hydrogens (primary N) is 1. The molecule has 0 aliphatic heterocycles. The van der Waals surface area contributed by atoms with E-state index in [-0.39, 0.29) is 0 Å². The van der Waals surface area contributed by atoms with Crippen LogP contribution in [0.4, 0.5) is 0 Å². The molecule has 5 nitrogen and oxygen atoms in total. The van der Waals surface area contributed by atoms with E-state index in [4.69, 9.17) is 10.6 Å². The zero-order valence-corrected chi connectivity index (χ0v) is 7.61. The second kappa shape index (κ2) is 4.42. The van der Waals surface area contributed by atoms with Crippen LogP contribution in [0.15, 0.2) is 23.3 Å². The molecule has 0 fully saturated rings. The van der Waals surface area contributed by atoms with E-state index in [1.54, 1.807) is 26.4 Å². The number of hydrazine groups is 1. The summed E-state index contributed by atoms with van der Waals surface area (Å²) in [4.78, 5) is 7.96. The Hall–Kier alpha value is -1.62. The standard InChI is InChI=1S/C8H12N4O/c1-10-7(12-9)6-4-3-5-11-8(6)13-2/h3-5H,9H2,1-2H3,(H,10,12). The summed E-state index contributed by atoms with van der Waals surface area (Å²) in [6.45, 7) is 0. The second-order valence-corrected chi connectivity index (χ2v) is 2.28. The van der Waals surface area contributed by atoms with Crippen LogP contribution in [-0.2, 0) is 0 Å². The van der Waals surface area contributed by atoms with Crippen LogP contribution in [0.5, 0.6) is 5.88 Å². The third-order valence-electron chi connectivity index (χ3n) is 1.58. The van der Waals surface area contributed by atoms with Gasteiger partial charge in [0.05, 0.1) is 12.7 Å². The number of ether oxygens (including phenoxy) is 1. The number of methoxy groups -OCH3 is 1. The van der Waals surface area contributed by atoms with Crippen molar-refractivity contribution in [1.82, 2.24) is 10.4 Å². The van der Waals surface area contributed by atoms with Crippen molar-refractivity contribution in [1.29, 1.82) is 0 Å². The summed E-state index contributed by atoms with van der Waals surface area (Å²) in [6, 6.07) is 3.62. The quantitative estimate of drug-likeness (QED) is 0.289. The number of pyridine rings is 1. The normalized spacial score (nSPS) is 11.2. The number of aliphatic imine (C=N–C) groups is 1. The lowest BCUT2D eigenvalue weighted by Crippen LogP contribution is -2.31. The molecule has 70 valence electrons. The van der Waals surface area contributed by atoms with Gasteiger partial charge in [-0.1, -0.05) is 0 Å². The highest BCUT2D eigenvalue weighted by Crippen LogP contribution is 2.12.